The molecule has 0 radical (unpaired) electrons. The van der Waals surface area contributed by atoms with Crippen LogP contribution in [0.4, 0.5) is 5.69 Å². The molecule has 0 unspecified atom stereocenters. The van der Waals surface area contributed by atoms with E-state index < -0.39 is 0 Å². The second-order valence-corrected chi connectivity index (χ2v) is 7.40. The van der Waals surface area contributed by atoms with Crippen LogP contribution in [0.15, 0.2) is 77.9 Å². The summed E-state index contributed by atoms with van der Waals surface area (Å²) in [6.45, 7) is 0.369. The van der Waals surface area contributed by atoms with E-state index in [-0.39, 0.29) is 24.7 Å². The fraction of sp³-hybridized carbons (Fsp3) is 0.160. The Labute approximate surface area is 197 Å². The van der Waals surface area contributed by atoms with E-state index in [2.05, 4.69) is 15.8 Å². The first-order valence-electron chi connectivity index (χ1n) is 10.3. The average Bonchev–Trinajstić information content (AvgIpc) is 2.83. The molecule has 0 fully saturated rings. The van der Waals surface area contributed by atoms with Crippen LogP contribution in [0, 0.1) is 0 Å². The fourth-order valence-electron chi connectivity index (χ4n) is 2.85. The first-order chi connectivity index (χ1) is 16.0. The molecule has 8 heteroatoms. The second-order valence-electron chi connectivity index (χ2n) is 6.99. The van der Waals surface area contributed by atoms with E-state index in [1.54, 1.807) is 24.3 Å². The largest absolute Gasteiger partial charge is 0.495 e. The number of halogens is 1. The highest BCUT2D eigenvalue weighted by Crippen LogP contribution is 2.23. The van der Waals surface area contributed by atoms with Crippen molar-refractivity contribution in [1.82, 2.24) is 5.43 Å². The Kier molecular flexibility index (Phi) is 8.85. The molecule has 0 aromatic heterocycles. The van der Waals surface area contributed by atoms with Gasteiger partial charge in [0.25, 0.3) is 0 Å². The van der Waals surface area contributed by atoms with Crippen molar-refractivity contribution >= 4 is 35.3 Å². The fourth-order valence-corrected chi connectivity index (χ4v) is 3.04. The maximum Gasteiger partial charge on any atom is 0.240 e. The third-order valence-corrected chi connectivity index (χ3v) is 4.96. The zero-order valence-corrected chi connectivity index (χ0v) is 18.8. The monoisotopic (exact) mass is 465 g/mol. The Bertz CT molecular complexity index is 1120. The van der Waals surface area contributed by atoms with Crippen LogP contribution in [0.2, 0.25) is 5.02 Å². The summed E-state index contributed by atoms with van der Waals surface area (Å²) in [5.41, 5.74) is 4.67. The molecule has 170 valence electrons. The third-order valence-electron chi connectivity index (χ3n) is 4.60. The molecule has 0 aliphatic carbocycles. The Hall–Kier alpha value is -3.84. The van der Waals surface area contributed by atoms with Gasteiger partial charge in [-0.1, -0.05) is 41.9 Å². The normalized spacial score (nSPS) is 10.6. The number of carbonyl (C=O) groups excluding carboxylic acids is 2. The van der Waals surface area contributed by atoms with E-state index in [1.807, 2.05) is 48.5 Å². The van der Waals surface area contributed by atoms with Crippen LogP contribution in [0.25, 0.3) is 0 Å². The lowest BCUT2D eigenvalue weighted by atomic mass is 10.2. The SMILES string of the molecule is COc1ccccc1NC(=O)CCC(=O)NN=Cc1ccc(OCc2ccccc2Cl)cc1. The van der Waals surface area contributed by atoms with Crippen molar-refractivity contribution in [2.75, 3.05) is 12.4 Å². The molecule has 2 N–H and O–H groups in total. The minimum absolute atomic E-state index is 0.00709. The maximum atomic E-state index is 12.1. The van der Waals surface area contributed by atoms with Crippen molar-refractivity contribution in [3.8, 4) is 11.5 Å². The van der Waals surface area contributed by atoms with Crippen LogP contribution in [0.1, 0.15) is 24.0 Å². The maximum absolute atomic E-state index is 12.1. The van der Waals surface area contributed by atoms with Crippen LogP contribution in [0.3, 0.4) is 0 Å². The number of hydrogen-bond donors (Lipinski definition) is 2. The minimum atomic E-state index is -0.360. The zero-order chi connectivity index (χ0) is 23.5. The Morgan fingerprint density at radius 2 is 1.64 bits per heavy atom. The van der Waals surface area contributed by atoms with E-state index >= 15 is 0 Å². The Morgan fingerprint density at radius 3 is 2.39 bits per heavy atom. The summed E-state index contributed by atoms with van der Waals surface area (Å²) in [7, 11) is 1.53. The van der Waals surface area contributed by atoms with Gasteiger partial charge in [0, 0.05) is 23.4 Å². The van der Waals surface area contributed by atoms with Crippen molar-refractivity contribution in [2.24, 2.45) is 5.10 Å². The van der Waals surface area contributed by atoms with Crippen molar-refractivity contribution < 1.29 is 19.1 Å². The van der Waals surface area contributed by atoms with Gasteiger partial charge in [0.15, 0.2) is 0 Å². The van der Waals surface area contributed by atoms with E-state index in [1.165, 1.54) is 13.3 Å². The quantitative estimate of drug-likeness (QED) is 0.332. The van der Waals surface area contributed by atoms with Crippen LogP contribution < -0.4 is 20.2 Å². The van der Waals surface area contributed by atoms with Crippen LogP contribution in [0.5, 0.6) is 11.5 Å². The number of hydrazone groups is 1. The molecular weight excluding hydrogens is 442 g/mol. The van der Waals surface area contributed by atoms with Gasteiger partial charge in [-0.3, -0.25) is 9.59 Å². The van der Waals surface area contributed by atoms with Gasteiger partial charge in [-0.05, 0) is 48.0 Å². The highest BCUT2D eigenvalue weighted by atomic mass is 35.5. The summed E-state index contributed by atoms with van der Waals surface area (Å²) in [5, 5.41) is 7.32. The van der Waals surface area contributed by atoms with Crippen molar-refractivity contribution in [3.63, 3.8) is 0 Å². The predicted octanol–water partition coefficient (Wildman–Crippen LogP) is 4.80. The molecule has 33 heavy (non-hydrogen) atoms. The molecule has 0 atom stereocenters. The number of nitrogens with one attached hydrogen (secondary N) is 2. The lowest BCUT2D eigenvalue weighted by Crippen LogP contribution is -2.20. The van der Waals surface area contributed by atoms with E-state index in [4.69, 9.17) is 21.1 Å². The highest BCUT2D eigenvalue weighted by molar-refractivity contribution is 6.31. The summed E-state index contributed by atoms with van der Waals surface area (Å²) in [6, 6.07) is 21.8. The Balaban J connectivity index is 1.40. The summed E-state index contributed by atoms with van der Waals surface area (Å²) in [6.07, 6.45) is 1.55. The van der Waals surface area contributed by atoms with Crippen LogP contribution >= 0.6 is 11.6 Å². The van der Waals surface area contributed by atoms with Gasteiger partial charge < -0.3 is 14.8 Å². The molecule has 0 aliphatic rings. The zero-order valence-electron chi connectivity index (χ0n) is 18.1. The molecule has 2 amide bonds. The smallest absolute Gasteiger partial charge is 0.240 e. The van der Waals surface area contributed by atoms with E-state index in [9.17, 15) is 9.59 Å². The summed E-state index contributed by atoms with van der Waals surface area (Å²) >= 11 is 6.13. The van der Waals surface area contributed by atoms with Crippen molar-refractivity contribution in [3.05, 3.63) is 88.9 Å². The average molecular weight is 466 g/mol. The molecular formula is C25H24ClN3O4. The highest BCUT2D eigenvalue weighted by Gasteiger charge is 2.09. The van der Waals surface area contributed by atoms with Crippen LogP contribution in [-0.4, -0.2) is 25.1 Å². The number of nitrogens with zero attached hydrogens (tertiary/aromatic N) is 1. The number of para-hydroxylation sites is 2. The molecule has 3 aromatic carbocycles. The van der Waals surface area contributed by atoms with Crippen LogP contribution in [-0.2, 0) is 16.2 Å². The van der Waals surface area contributed by atoms with Gasteiger partial charge >= 0.3 is 0 Å². The summed E-state index contributed by atoms with van der Waals surface area (Å²) in [5.74, 6) is 0.601. The van der Waals surface area contributed by atoms with Crippen molar-refractivity contribution in [1.29, 1.82) is 0 Å². The van der Waals surface area contributed by atoms with E-state index in [0.29, 0.717) is 28.8 Å². The molecule has 0 aliphatic heterocycles. The van der Waals surface area contributed by atoms with Gasteiger partial charge in [0.2, 0.25) is 11.8 Å². The van der Waals surface area contributed by atoms with Gasteiger partial charge in [-0.2, -0.15) is 5.10 Å². The number of anilines is 1. The summed E-state index contributed by atoms with van der Waals surface area (Å²) in [4.78, 5) is 24.0. The molecule has 0 bridgehead atoms. The first kappa shape index (κ1) is 23.8. The Morgan fingerprint density at radius 1 is 0.939 bits per heavy atom. The number of carbonyl (C=O) groups is 2. The molecule has 3 rings (SSSR count). The van der Waals surface area contributed by atoms with E-state index in [0.717, 1.165) is 11.1 Å². The lowest BCUT2D eigenvalue weighted by molar-refractivity contribution is -0.124. The topological polar surface area (TPSA) is 89.0 Å². The van der Waals surface area contributed by atoms with Gasteiger partial charge in [-0.25, -0.2) is 5.43 Å². The second kappa shape index (κ2) is 12.3. The van der Waals surface area contributed by atoms with Gasteiger partial charge in [0.05, 0.1) is 19.0 Å². The summed E-state index contributed by atoms with van der Waals surface area (Å²) < 4.78 is 10.9. The number of amides is 2. The number of methoxy groups -OCH3 is 1. The number of ether oxygens (including phenoxy) is 2. The standard InChI is InChI=1S/C25H24ClN3O4/c1-32-23-9-5-4-8-22(23)28-24(30)14-15-25(31)29-27-16-18-10-12-20(13-11-18)33-17-19-6-2-3-7-21(19)26/h2-13,16H,14-15,17H2,1H3,(H,28,30)(H,29,31). The van der Waals surface area contributed by atoms with Gasteiger partial charge in [-0.15, -0.1) is 0 Å². The van der Waals surface area contributed by atoms with Gasteiger partial charge in [0.1, 0.15) is 18.1 Å². The molecule has 0 saturated carbocycles. The molecule has 0 spiro atoms. The lowest BCUT2D eigenvalue weighted by Gasteiger charge is -2.09. The molecule has 7 nitrogen and oxygen atoms in total. The van der Waals surface area contributed by atoms with Crippen molar-refractivity contribution in [2.45, 2.75) is 19.4 Å². The number of hydrogen-bond acceptors (Lipinski definition) is 5. The molecule has 0 saturated heterocycles. The molecule has 3 aromatic rings. The third kappa shape index (κ3) is 7.66. The molecule has 0 heterocycles. The minimum Gasteiger partial charge on any atom is -0.495 e. The predicted molar refractivity (Wildman–Crippen MR) is 129 cm³/mol. The number of rotatable bonds is 10. The first-order valence-corrected chi connectivity index (χ1v) is 10.6. The number of benzene rings is 3.